The third kappa shape index (κ3) is 2.33. The van der Waals surface area contributed by atoms with Crippen molar-refractivity contribution in [1.29, 1.82) is 0 Å². The topological polar surface area (TPSA) is 66.8 Å². The van der Waals surface area contributed by atoms with Crippen molar-refractivity contribution < 1.29 is 19.4 Å². The molecule has 5 heteroatoms. The van der Waals surface area contributed by atoms with E-state index in [-0.39, 0.29) is 6.61 Å². The van der Waals surface area contributed by atoms with Crippen LogP contribution in [-0.4, -0.2) is 41.6 Å². The van der Waals surface area contributed by atoms with E-state index >= 15 is 0 Å². The zero-order chi connectivity index (χ0) is 14.0. The van der Waals surface area contributed by atoms with Crippen molar-refractivity contribution in [2.24, 2.45) is 5.92 Å². The third-order valence-corrected chi connectivity index (χ3v) is 3.40. The molecule has 0 unspecified atom stereocenters. The van der Waals surface area contributed by atoms with E-state index in [1.807, 2.05) is 30.3 Å². The molecular weight excluding hydrogens is 246 g/mol. The predicted octanol–water partition coefficient (Wildman–Crippen LogP) is 0.740. The minimum absolute atomic E-state index is 0.224. The summed E-state index contributed by atoms with van der Waals surface area (Å²) < 4.78 is 4.97. The summed E-state index contributed by atoms with van der Waals surface area (Å²) in [5, 5.41) is 9.96. The Labute approximate surface area is 111 Å². The summed E-state index contributed by atoms with van der Waals surface area (Å²) in [5.74, 6) is -1.87. The molecule has 0 aliphatic carbocycles. The zero-order valence-corrected chi connectivity index (χ0v) is 10.9. The maximum atomic E-state index is 12.0. The molecule has 1 saturated heterocycles. The molecule has 2 rings (SSSR count). The maximum Gasteiger partial charge on any atom is 0.314 e. The highest BCUT2D eigenvalue weighted by molar-refractivity contribution is 5.91. The Morgan fingerprint density at radius 2 is 2.00 bits per heavy atom. The molecule has 0 saturated carbocycles. The van der Waals surface area contributed by atoms with Crippen LogP contribution in [0.15, 0.2) is 30.3 Å². The molecule has 0 spiro atoms. The van der Waals surface area contributed by atoms with Crippen molar-refractivity contribution in [2.75, 3.05) is 13.7 Å². The minimum atomic E-state index is -1.34. The van der Waals surface area contributed by atoms with E-state index in [0.29, 0.717) is 0 Å². The largest absolute Gasteiger partial charge is 0.466 e. The van der Waals surface area contributed by atoms with Crippen LogP contribution in [0.4, 0.5) is 0 Å². The number of carbonyl (C=O) groups excluding carboxylic acids is 2. The highest BCUT2D eigenvalue weighted by Gasteiger charge is 2.50. The smallest absolute Gasteiger partial charge is 0.314 e. The fourth-order valence-corrected chi connectivity index (χ4v) is 2.49. The van der Waals surface area contributed by atoms with Crippen LogP contribution in [0, 0.1) is 5.92 Å². The first-order valence-electron chi connectivity index (χ1n) is 6.24. The summed E-state index contributed by atoms with van der Waals surface area (Å²) in [5.41, 5.74) is 0.813. The van der Waals surface area contributed by atoms with Gasteiger partial charge in [0.1, 0.15) is 12.0 Å². The molecule has 1 amide bonds. The number of likely N-dealkylation sites (N-methyl/N-ethyl adjacent to an activating group) is 1. The molecule has 19 heavy (non-hydrogen) atoms. The summed E-state index contributed by atoms with van der Waals surface area (Å²) in [7, 11) is 1.59. The third-order valence-electron chi connectivity index (χ3n) is 3.40. The highest BCUT2D eigenvalue weighted by atomic mass is 16.5. The predicted molar refractivity (Wildman–Crippen MR) is 68.1 cm³/mol. The first-order chi connectivity index (χ1) is 9.07. The van der Waals surface area contributed by atoms with Gasteiger partial charge in [-0.1, -0.05) is 30.3 Å². The standard InChI is InChI=1S/C14H17NO4/c1-3-19-14(18)10-11(9-7-5-4-6-8-9)15(2)13(17)12(10)16/h4-8,10-12,16H,3H2,1-2H3/t10-,11+,12-/m1/s1. The van der Waals surface area contributed by atoms with E-state index < -0.39 is 29.9 Å². The van der Waals surface area contributed by atoms with Gasteiger partial charge in [-0.25, -0.2) is 0 Å². The first-order valence-corrected chi connectivity index (χ1v) is 6.24. The van der Waals surface area contributed by atoms with Crippen LogP contribution in [0.3, 0.4) is 0 Å². The molecule has 1 fully saturated rings. The van der Waals surface area contributed by atoms with Gasteiger partial charge < -0.3 is 14.7 Å². The summed E-state index contributed by atoms with van der Waals surface area (Å²) in [6, 6.07) is 8.71. The summed E-state index contributed by atoms with van der Waals surface area (Å²) >= 11 is 0. The molecule has 5 nitrogen and oxygen atoms in total. The number of aliphatic hydroxyl groups is 1. The van der Waals surface area contributed by atoms with Gasteiger partial charge in [-0.2, -0.15) is 0 Å². The normalized spacial score (nSPS) is 26.6. The number of amides is 1. The fraction of sp³-hybridized carbons (Fsp3) is 0.429. The quantitative estimate of drug-likeness (QED) is 0.817. The number of aliphatic hydroxyl groups excluding tert-OH is 1. The summed E-state index contributed by atoms with van der Waals surface area (Å²) in [6.45, 7) is 1.92. The van der Waals surface area contributed by atoms with Gasteiger partial charge in [0, 0.05) is 7.05 Å². The van der Waals surface area contributed by atoms with Crippen molar-refractivity contribution >= 4 is 11.9 Å². The van der Waals surface area contributed by atoms with Gasteiger partial charge in [0.15, 0.2) is 0 Å². The second kappa shape index (κ2) is 5.40. The van der Waals surface area contributed by atoms with Crippen LogP contribution in [-0.2, 0) is 14.3 Å². The molecular formula is C14H17NO4. The molecule has 1 aliphatic heterocycles. The van der Waals surface area contributed by atoms with Gasteiger partial charge >= 0.3 is 5.97 Å². The van der Waals surface area contributed by atoms with E-state index in [9.17, 15) is 14.7 Å². The second-order valence-electron chi connectivity index (χ2n) is 4.53. The molecule has 1 heterocycles. The van der Waals surface area contributed by atoms with E-state index in [4.69, 9.17) is 4.74 Å². The van der Waals surface area contributed by atoms with Gasteiger partial charge in [-0.3, -0.25) is 9.59 Å². The molecule has 1 aliphatic rings. The fourth-order valence-electron chi connectivity index (χ4n) is 2.49. The molecule has 0 radical (unpaired) electrons. The molecule has 0 bridgehead atoms. The number of hydrogen-bond acceptors (Lipinski definition) is 4. The molecule has 0 aromatic heterocycles. The van der Waals surface area contributed by atoms with Gasteiger partial charge in [0.25, 0.3) is 5.91 Å². The Bertz CT molecular complexity index is 474. The van der Waals surface area contributed by atoms with Crippen LogP contribution in [0.25, 0.3) is 0 Å². The van der Waals surface area contributed by atoms with Gasteiger partial charge in [0.05, 0.1) is 12.6 Å². The van der Waals surface area contributed by atoms with Crippen molar-refractivity contribution in [3.63, 3.8) is 0 Å². The second-order valence-corrected chi connectivity index (χ2v) is 4.53. The van der Waals surface area contributed by atoms with Crippen molar-refractivity contribution in [2.45, 2.75) is 19.1 Å². The van der Waals surface area contributed by atoms with Crippen LogP contribution in [0.1, 0.15) is 18.5 Å². The lowest BCUT2D eigenvalue weighted by molar-refractivity contribution is -0.153. The zero-order valence-electron chi connectivity index (χ0n) is 10.9. The average molecular weight is 263 g/mol. The molecule has 1 aromatic rings. The van der Waals surface area contributed by atoms with Crippen LogP contribution >= 0.6 is 0 Å². The number of benzene rings is 1. The number of esters is 1. The maximum absolute atomic E-state index is 12.0. The molecule has 1 N–H and O–H groups in total. The number of likely N-dealkylation sites (tertiary alicyclic amines) is 1. The Hall–Kier alpha value is -1.88. The Kier molecular flexibility index (Phi) is 3.85. The molecule has 1 aromatic carbocycles. The number of hydrogen-bond donors (Lipinski definition) is 1. The highest BCUT2D eigenvalue weighted by Crippen LogP contribution is 2.37. The summed E-state index contributed by atoms with van der Waals surface area (Å²) in [6.07, 6.45) is -1.34. The average Bonchev–Trinajstić information content (AvgIpc) is 2.64. The van der Waals surface area contributed by atoms with Crippen molar-refractivity contribution in [3.05, 3.63) is 35.9 Å². The lowest BCUT2D eigenvalue weighted by Gasteiger charge is -2.24. The Morgan fingerprint density at radius 3 is 2.58 bits per heavy atom. The van der Waals surface area contributed by atoms with Crippen LogP contribution in [0.2, 0.25) is 0 Å². The number of carbonyl (C=O) groups is 2. The van der Waals surface area contributed by atoms with E-state index in [1.54, 1.807) is 14.0 Å². The number of ether oxygens (including phenoxy) is 1. The first kappa shape index (κ1) is 13.5. The van der Waals surface area contributed by atoms with Crippen LogP contribution < -0.4 is 0 Å². The lowest BCUT2D eigenvalue weighted by atomic mass is 9.92. The molecule has 102 valence electrons. The van der Waals surface area contributed by atoms with Crippen molar-refractivity contribution in [3.8, 4) is 0 Å². The minimum Gasteiger partial charge on any atom is -0.466 e. The van der Waals surface area contributed by atoms with Crippen LogP contribution in [0.5, 0.6) is 0 Å². The molecule has 3 atom stereocenters. The van der Waals surface area contributed by atoms with Gasteiger partial charge in [0.2, 0.25) is 0 Å². The van der Waals surface area contributed by atoms with E-state index in [0.717, 1.165) is 5.56 Å². The number of rotatable bonds is 3. The van der Waals surface area contributed by atoms with E-state index in [2.05, 4.69) is 0 Å². The van der Waals surface area contributed by atoms with Gasteiger partial charge in [-0.15, -0.1) is 0 Å². The Morgan fingerprint density at radius 1 is 1.37 bits per heavy atom. The SMILES string of the molecule is CCOC(=O)[C@H]1[C@@H](O)C(=O)N(C)[C@H]1c1ccccc1. The van der Waals surface area contributed by atoms with E-state index in [1.165, 1.54) is 4.90 Å². The lowest BCUT2D eigenvalue weighted by Crippen LogP contribution is -2.31. The number of nitrogens with zero attached hydrogens (tertiary/aromatic N) is 1. The summed E-state index contributed by atoms with van der Waals surface area (Å²) in [4.78, 5) is 25.2. The van der Waals surface area contributed by atoms with Crippen molar-refractivity contribution in [1.82, 2.24) is 4.90 Å². The van der Waals surface area contributed by atoms with Gasteiger partial charge in [-0.05, 0) is 12.5 Å². The Balaban J connectivity index is 2.37. The monoisotopic (exact) mass is 263 g/mol.